The summed E-state index contributed by atoms with van der Waals surface area (Å²) in [6, 6.07) is 0.300. The number of amides is 1. The molecule has 100 valence electrons. The van der Waals surface area contributed by atoms with Gasteiger partial charge in [-0.3, -0.25) is 4.79 Å². The van der Waals surface area contributed by atoms with Crippen LogP contribution >= 0.6 is 11.3 Å². The molecular formula is C13H21N3OS. The van der Waals surface area contributed by atoms with E-state index in [0.717, 1.165) is 36.5 Å². The Bertz CT molecular complexity index is 416. The fraction of sp³-hybridized carbons (Fsp3) is 0.692. The van der Waals surface area contributed by atoms with Crippen molar-refractivity contribution in [1.29, 1.82) is 0 Å². The second kappa shape index (κ2) is 5.36. The lowest BCUT2D eigenvalue weighted by molar-refractivity contribution is 0.0931. The van der Waals surface area contributed by atoms with Crippen molar-refractivity contribution in [2.75, 3.05) is 13.1 Å². The average molecular weight is 267 g/mol. The van der Waals surface area contributed by atoms with Crippen molar-refractivity contribution >= 4 is 17.2 Å². The predicted octanol–water partition coefficient (Wildman–Crippen LogP) is 1.92. The van der Waals surface area contributed by atoms with E-state index in [1.165, 1.54) is 11.3 Å². The number of piperidine rings is 1. The molecule has 0 aliphatic carbocycles. The number of rotatable bonds is 2. The smallest absolute Gasteiger partial charge is 0.263 e. The molecule has 0 radical (unpaired) electrons. The van der Waals surface area contributed by atoms with Gasteiger partial charge in [0.1, 0.15) is 4.88 Å². The second-order valence-electron chi connectivity index (χ2n) is 5.78. The number of nitrogens with zero attached hydrogens (tertiary/aromatic N) is 1. The molecule has 0 atom stereocenters. The van der Waals surface area contributed by atoms with Crippen molar-refractivity contribution in [2.45, 2.75) is 45.1 Å². The van der Waals surface area contributed by atoms with E-state index in [4.69, 9.17) is 0 Å². The highest BCUT2D eigenvalue weighted by Gasteiger charge is 2.26. The van der Waals surface area contributed by atoms with Crippen LogP contribution < -0.4 is 10.6 Å². The quantitative estimate of drug-likeness (QED) is 0.861. The van der Waals surface area contributed by atoms with Gasteiger partial charge in [0.05, 0.1) is 11.2 Å². The van der Waals surface area contributed by atoms with E-state index in [1.54, 1.807) is 5.51 Å². The van der Waals surface area contributed by atoms with Crippen molar-refractivity contribution in [3.8, 4) is 0 Å². The van der Waals surface area contributed by atoms with E-state index in [2.05, 4.69) is 36.4 Å². The molecule has 1 amide bonds. The third kappa shape index (κ3) is 3.09. The summed E-state index contributed by atoms with van der Waals surface area (Å²) >= 11 is 1.43. The molecule has 2 N–H and O–H groups in total. The fourth-order valence-electron chi connectivity index (χ4n) is 2.16. The molecule has 1 saturated heterocycles. The minimum Gasteiger partial charge on any atom is -0.348 e. The number of hydrogen-bond donors (Lipinski definition) is 2. The van der Waals surface area contributed by atoms with Crippen LogP contribution in [0.1, 0.15) is 49.0 Å². The molecule has 0 saturated carbocycles. The van der Waals surface area contributed by atoms with Gasteiger partial charge >= 0.3 is 0 Å². The molecule has 5 heteroatoms. The maximum absolute atomic E-state index is 12.3. The van der Waals surface area contributed by atoms with Crippen LogP contribution in [0.25, 0.3) is 0 Å². The van der Waals surface area contributed by atoms with Crippen molar-refractivity contribution < 1.29 is 4.79 Å². The highest BCUT2D eigenvalue weighted by molar-refractivity contribution is 7.11. The average Bonchev–Trinajstić information content (AvgIpc) is 2.79. The summed E-state index contributed by atoms with van der Waals surface area (Å²) in [4.78, 5) is 17.4. The van der Waals surface area contributed by atoms with Crippen LogP contribution in [0.15, 0.2) is 5.51 Å². The minimum absolute atomic E-state index is 0.0364. The van der Waals surface area contributed by atoms with E-state index in [0.29, 0.717) is 6.04 Å². The Morgan fingerprint density at radius 3 is 2.72 bits per heavy atom. The molecule has 0 spiro atoms. The van der Waals surface area contributed by atoms with Gasteiger partial charge in [-0.1, -0.05) is 20.8 Å². The standard InChI is InChI=1S/C13H21N3OS/c1-13(2,3)11-10(18-8-15-11)12(17)16-9-4-6-14-7-5-9/h8-9,14H,4-7H2,1-3H3,(H,16,17). The molecule has 0 aromatic carbocycles. The third-order valence-corrected chi connectivity index (χ3v) is 3.98. The van der Waals surface area contributed by atoms with E-state index in [-0.39, 0.29) is 11.3 Å². The van der Waals surface area contributed by atoms with Gasteiger partial charge < -0.3 is 10.6 Å². The topological polar surface area (TPSA) is 54.0 Å². The molecule has 1 aliphatic heterocycles. The summed E-state index contributed by atoms with van der Waals surface area (Å²) in [5.41, 5.74) is 2.58. The monoisotopic (exact) mass is 267 g/mol. The first kappa shape index (κ1) is 13.5. The Kier molecular flexibility index (Phi) is 4.02. The number of aromatic nitrogens is 1. The van der Waals surface area contributed by atoms with Gasteiger partial charge in [0.25, 0.3) is 5.91 Å². The lowest BCUT2D eigenvalue weighted by Gasteiger charge is -2.24. The zero-order valence-corrected chi connectivity index (χ0v) is 12.1. The fourth-order valence-corrected chi connectivity index (χ4v) is 3.06. The van der Waals surface area contributed by atoms with Crippen LogP contribution in [0.5, 0.6) is 0 Å². The van der Waals surface area contributed by atoms with E-state index in [9.17, 15) is 4.79 Å². The maximum atomic E-state index is 12.3. The zero-order valence-electron chi connectivity index (χ0n) is 11.2. The van der Waals surface area contributed by atoms with Gasteiger partial charge in [-0.15, -0.1) is 11.3 Å². The van der Waals surface area contributed by atoms with Crippen molar-refractivity contribution in [3.63, 3.8) is 0 Å². The normalized spacial score (nSPS) is 17.7. The Balaban J connectivity index is 2.07. The van der Waals surface area contributed by atoms with Crippen LogP contribution in [0, 0.1) is 0 Å². The lowest BCUT2D eigenvalue weighted by atomic mass is 9.91. The molecule has 18 heavy (non-hydrogen) atoms. The molecule has 2 heterocycles. The molecule has 1 aromatic heterocycles. The van der Waals surface area contributed by atoms with E-state index < -0.39 is 0 Å². The van der Waals surface area contributed by atoms with Gasteiger partial charge in [0.2, 0.25) is 0 Å². The van der Waals surface area contributed by atoms with Crippen molar-refractivity contribution in [2.24, 2.45) is 0 Å². The van der Waals surface area contributed by atoms with Gasteiger partial charge in [0, 0.05) is 11.5 Å². The Hall–Kier alpha value is -0.940. The van der Waals surface area contributed by atoms with E-state index >= 15 is 0 Å². The van der Waals surface area contributed by atoms with Crippen LogP contribution in [-0.4, -0.2) is 30.0 Å². The maximum Gasteiger partial charge on any atom is 0.263 e. The summed E-state index contributed by atoms with van der Waals surface area (Å²) in [5, 5.41) is 6.42. The molecular weight excluding hydrogens is 246 g/mol. The number of nitrogens with one attached hydrogen (secondary N) is 2. The summed E-state index contributed by atoms with van der Waals surface area (Å²) in [6.45, 7) is 8.23. The lowest BCUT2D eigenvalue weighted by Crippen LogP contribution is -2.43. The largest absolute Gasteiger partial charge is 0.348 e. The van der Waals surface area contributed by atoms with E-state index in [1.807, 2.05) is 0 Å². The van der Waals surface area contributed by atoms with Crippen LogP contribution in [0.4, 0.5) is 0 Å². The highest BCUT2D eigenvalue weighted by Crippen LogP contribution is 2.27. The number of hydrogen-bond acceptors (Lipinski definition) is 4. The Morgan fingerprint density at radius 2 is 2.11 bits per heavy atom. The SMILES string of the molecule is CC(C)(C)c1ncsc1C(=O)NC1CCNCC1. The highest BCUT2D eigenvalue weighted by atomic mass is 32.1. The zero-order chi connectivity index (χ0) is 13.2. The van der Waals surface area contributed by atoms with Crippen molar-refractivity contribution in [1.82, 2.24) is 15.6 Å². The number of carbonyl (C=O) groups is 1. The molecule has 2 rings (SSSR count). The molecule has 0 bridgehead atoms. The summed E-state index contributed by atoms with van der Waals surface area (Å²) in [6.07, 6.45) is 2.02. The summed E-state index contributed by atoms with van der Waals surface area (Å²) < 4.78 is 0. The molecule has 1 aliphatic rings. The first-order chi connectivity index (χ1) is 8.48. The molecule has 1 fully saturated rings. The first-order valence-corrected chi connectivity index (χ1v) is 7.32. The number of carbonyl (C=O) groups excluding carboxylic acids is 1. The Labute approximate surface area is 112 Å². The van der Waals surface area contributed by atoms with Gasteiger partial charge in [-0.25, -0.2) is 4.98 Å². The van der Waals surface area contributed by atoms with Crippen LogP contribution in [0.3, 0.4) is 0 Å². The second-order valence-corrected chi connectivity index (χ2v) is 6.63. The number of thiazole rings is 1. The molecule has 0 unspecified atom stereocenters. The molecule has 1 aromatic rings. The van der Waals surface area contributed by atoms with Gasteiger partial charge in [-0.2, -0.15) is 0 Å². The van der Waals surface area contributed by atoms with Crippen LogP contribution in [-0.2, 0) is 5.41 Å². The summed E-state index contributed by atoms with van der Waals surface area (Å²) in [7, 11) is 0. The third-order valence-electron chi connectivity index (χ3n) is 3.16. The first-order valence-electron chi connectivity index (χ1n) is 6.44. The Morgan fingerprint density at radius 1 is 1.44 bits per heavy atom. The molecule has 4 nitrogen and oxygen atoms in total. The predicted molar refractivity (Wildman–Crippen MR) is 74.2 cm³/mol. The van der Waals surface area contributed by atoms with Gasteiger partial charge in [-0.05, 0) is 25.9 Å². The van der Waals surface area contributed by atoms with Crippen molar-refractivity contribution in [3.05, 3.63) is 16.1 Å². The van der Waals surface area contributed by atoms with Crippen LogP contribution in [0.2, 0.25) is 0 Å². The van der Waals surface area contributed by atoms with Gasteiger partial charge in [0.15, 0.2) is 0 Å². The summed E-state index contributed by atoms with van der Waals surface area (Å²) in [5.74, 6) is 0.0364. The minimum atomic E-state index is -0.0825.